The van der Waals surface area contributed by atoms with Crippen molar-refractivity contribution in [2.75, 3.05) is 31.6 Å². The zero-order valence-electron chi connectivity index (χ0n) is 12.5. The van der Waals surface area contributed by atoms with E-state index in [1.165, 1.54) is 19.1 Å². The van der Waals surface area contributed by atoms with E-state index in [0.29, 0.717) is 11.8 Å². The minimum absolute atomic E-state index is 0.247. The van der Waals surface area contributed by atoms with Gasteiger partial charge in [0.25, 0.3) is 0 Å². The minimum atomic E-state index is -2.82. The first-order valence-corrected chi connectivity index (χ1v) is 9.57. The predicted octanol–water partition coefficient (Wildman–Crippen LogP) is 1.27. The van der Waals surface area contributed by atoms with Gasteiger partial charge in [-0.2, -0.15) is 0 Å². The van der Waals surface area contributed by atoms with Crippen LogP contribution in [-0.4, -0.2) is 56.5 Å². The molecule has 2 unspecified atom stereocenters. The number of sulfone groups is 1. The maximum atomic E-state index is 11.2. The van der Waals surface area contributed by atoms with Crippen molar-refractivity contribution in [3.8, 4) is 0 Å². The molecule has 0 spiro atoms. The second-order valence-corrected chi connectivity index (χ2v) is 8.85. The monoisotopic (exact) mass is 288 g/mol. The Bertz CT molecular complexity index is 406. The second kappa shape index (κ2) is 5.70. The second-order valence-electron chi connectivity index (χ2n) is 6.59. The largest absolute Gasteiger partial charge is 0.308 e. The summed E-state index contributed by atoms with van der Waals surface area (Å²) in [5.74, 6) is 1.13. The van der Waals surface area contributed by atoms with Crippen LogP contribution in [0.4, 0.5) is 0 Å². The zero-order chi connectivity index (χ0) is 14.1. The Morgan fingerprint density at radius 1 is 1.37 bits per heavy atom. The average Bonchev–Trinajstić information content (AvgIpc) is 3.11. The average molecular weight is 288 g/mol. The first kappa shape index (κ1) is 15.3. The molecule has 2 rings (SSSR count). The van der Waals surface area contributed by atoms with E-state index in [2.05, 4.69) is 24.1 Å². The van der Waals surface area contributed by atoms with Crippen molar-refractivity contribution in [2.24, 2.45) is 5.92 Å². The fraction of sp³-hybridized carbons (Fsp3) is 1.00. The third kappa shape index (κ3) is 4.17. The third-order valence-electron chi connectivity index (χ3n) is 4.70. The van der Waals surface area contributed by atoms with Gasteiger partial charge in [0.05, 0.1) is 5.75 Å². The van der Waals surface area contributed by atoms with Gasteiger partial charge in [0.1, 0.15) is 9.84 Å². The maximum absolute atomic E-state index is 11.2. The molecule has 1 aliphatic heterocycles. The molecule has 0 bridgehead atoms. The molecule has 0 amide bonds. The highest BCUT2D eigenvalue weighted by Crippen LogP contribution is 2.41. The van der Waals surface area contributed by atoms with Crippen molar-refractivity contribution in [2.45, 2.75) is 51.1 Å². The minimum Gasteiger partial charge on any atom is -0.308 e. The molecule has 0 aromatic carbocycles. The number of hydrogen-bond acceptors (Lipinski definition) is 4. The van der Waals surface area contributed by atoms with E-state index in [1.54, 1.807) is 0 Å². The summed E-state index contributed by atoms with van der Waals surface area (Å²) >= 11 is 0. The quantitative estimate of drug-likeness (QED) is 0.800. The molecule has 5 heteroatoms. The van der Waals surface area contributed by atoms with Gasteiger partial charge in [-0.15, -0.1) is 0 Å². The molecule has 0 aromatic heterocycles. The topological polar surface area (TPSA) is 49.4 Å². The molecular formula is C14H28N2O2S. The molecule has 0 aromatic rings. The van der Waals surface area contributed by atoms with Crippen molar-refractivity contribution in [3.63, 3.8) is 0 Å². The lowest BCUT2D eigenvalue weighted by molar-refractivity contribution is 0.0732. The van der Waals surface area contributed by atoms with Gasteiger partial charge in [0.2, 0.25) is 0 Å². The third-order valence-corrected chi connectivity index (χ3v) is 5.73. The van der Waals surface area contributed by atoms with Crippen molar-refractivity contribution >= 4 is 9.84 Å². The summed E-state index contributed by atoms with van der Waals surface area (Å²) in [4.78, 5) is 2.51. The molecule has 112 valence electrons. The van der Waals surface area contributed by atoms with Crippen LogP contribution in [0.3, 0.4) is 0 Å². The predicted molar refractivity (Wildman–Crippen MR) is 79.1 cm³/mol. The highest BCUT2D eigenvalue weighted by Gasteiger charge is 2.45. The van der Waals surface area contributed by atoms with E-state index in [4.69, 9.17) is 0 Å². The molecule has 1 heterocycles. The molecule has 19 heavy (non-hydrogen) atoms. The van der Waals surface area contributed by atoms with Crippen LogP contribution in [0, 0.1) is 5.92 Å². The summed E-state index contributed by atoms with van der Waals surface area (Å²) in [7, 11) is -2.82. The summed E-state index contributed by atoms with van der Waals surface area (Å²) < 4.78 is 22.5. The van der Waals surface area contributed by atoms with Crippen LogP contribution in [0.15, 0.2) is 0 Å². The smallest absolute Gasteiger partial charge is 0.147 e. The standard InChI is InChI=1S/C14H28N2O2S/c1-4-13-10-15-14(2,12-6-7-12)11-16(13)8-5-9-19(3,17)18/h12-13,15H,4-11H2,1-3H3. The van der Waals surface area contributed by atoms with E-state index in [0.717, 1.165) is 38.4 Å². The van der Waals surface area contributed by atoms with Crippen LogP contribution in [-0.2, 0) is 9.84 Å². The first-order chi connectivity index (χ1) is 8.84. The van der Waals surface area contributed by atoms with Gasteiger partial charge in [-0.25, -0.2) is 8.42 Å². The van der Waals surface area contributed by atoms with Gasteiger partial charge in [-0.3, -0.25) is 4.90 Å². The van der Waals surface area contributed by atoms with Gasteiger partial charge in [-0.1, -0.05) is 6.92 Å². The van der Waals surface area contributed by atoms with Gasteiger partial charge >= 0.3 is 0 Å². The molecule has 1 saturated heterocycles. The lowest BCUT2D eigenvalue weighted by Gasteiger charge is -2.46. The lowest BCUT2D eigenvalue weighted by atomic mass is 9.90. The SMILES string of the molecule is CCC1CNC(C)(C2CC2)CN1CCCS(C)(=O)=O. The Morgan fingerprint density at radius 2 is 2.05 bits per heavy atom. The number of piperazine rings is 1. The van der Waals surface area contributed by atoms with Crippen LogP contribution in [0.5, 0.6) is 0 Å². The van der Waals surface area contributed by atoms with Gasteiger partial charge in [0, 0.05) is 30.9 Å². The molecule has 4 nitrogen and oxygen atoms in total. The molecule has 2 aliphatic rings. The van der Waals surface area contributed by atoms with Gasteiger partial charge in [0.15, 0.2) is 0 Å². The molecule has 1 aliphatic carbocycles. The molecule has 1 N–H and O–H groups in total. The Morgan fingerprint density at radius 3 is 2.58 bits per heavy atom. The molecular weight excluding hydrogens is 260 g/mol. The van der Waals surface area contributed by atoms with E-state index >= 15 is 0 Å². The van der Waals surface area contributed by atoms with E-state index in [9.17, 15) is 8.42 Å². The maximum Gasteiger partial charge on any atom is 0.147 e. The van der Waals surface area contributed by atoms with Gasteiger partial charge in [-0.05, 0) is 45.1 Å². The summed E-state index contributed by atoms with van der Waals surface area (Å²) in [6.45, 7) is 7.58. The first-order valence-electron chi connectivity index (χ1n) is 7.51. The van der Waals surface area contributed by atoms with Crippen LogP contribution < -0.4 is 5.32 Å². The highest BCUT2D eigenvalue weighted by atomic mass is 32.2. The summed E-state index contributed by atoms with van der Waals surface area (Å²) in [6, 6.07) is 0.561. The van der Waals surface area contributed by atoms with Crippen LogP contribution in [0.1, 0.15) is 39.5 Å². The molecule has 2 atom stereocenters. The Labute approximate surface area is 117 Å². The van der Waals surface area contributed by atoms with Gasteiger partial charge < -0.3 is 5.32 Å². The van der Waals surface area contributed by atoms with Crippen molar-refractivity contribution < 1.29 is 8.42 Å². The number of rotatable bonds is 6. The summed E-state index contributed by atoms with van der Waals surface area (Å²) in [5.41, 5.74) is 0.247. The van der Waals surface area contributed by atoms with Crippen LogP contribution >= 0.6 is 0 Å². The van der Waals surface area contributed by atoms with E-state index in [1.807, 2.05) is 0 Å². The number of hydrogen-bond donors (Lipinski definition) is 1. The summed E-state index contributed by atoms with van der Waals surface area (Å²) in [6.07, 6.45) is 5.91. The summed E-state index contributed by atoms with van der Waals surface area (Å²) in [5, 5.41) is 3.74. The number of nitrogens with one attached hydrogen (secondary N) is 1. The fourth-order valence-corrected chi connectivity index (χ4v) is 3.93. The fourth-order valence-electron chi connectivity index (χ4n) is 3.27. The van der Waals surface area contributed by atoms with Crippen molar-refractivity contribution in [1.29, 1.82) is 0 Å². The Balaban J connectivity index is 1.90. The molecule has 0 radical (unpaired) electrons. The zero-order valence-corrected chi connectivity index (χ0v) is 13.3. The Kier molecular flexibility index (Phi) is 4.58. The van der Waals surface area contributed by atoms with Crippen molar-refractivity contribution in [1.82, 2.24) is 10.2 Å². The highest BCUT2D eigenvalue weighted by molar-refractivity contribution is 7.90. The van der Waals surface area contributed by atoms with Crippen LogP contribution in [0.25, 0.3) is 0 Å². The Hall–Kier alpha value is -0.130. The molecule has 1 saturated carbocycles. The van der Waals surface area contributed by atoms with E-state index < -0.39 is 9.84 Å². The normalized spacial score (nSPS) is 33.5. The number of nitrogens with zero attached hydrogens (tertiary/aromatic N) is 1. The molecule has 2 fully saturated rings. The van der Waals surface area contributed by atoms with Crippen LogP contribution in [0.2, 0.25) is 0 Å². The lowest BCUT2D eigenvalue weighted by Crippen LogP contribution is -2.63. The van der Waals surface area contributed by atoms with Crippen molar-refractivity contribution in [3.05, 3.63) is 0 Å². The van der Waals surface area contributed by atoms with E-state index in [-0.39, 0.29) is 5.54 Å².